The molecule has 6 rings (SSSR count). The van der Waals surface area contributed by atoms with E-state index in [1.807, 2.05) is 17.4 Å². The van der Waals surface area contributed by atoms with Crippen LogP contribution in [-0.4, -0.2) is 138 Å². The Kier molecular flexibility index (Phi) is 19.7. The van der Waals surface area contributed by atoms with Gasteiger partial charge >= 0.3 is 0 Å². The van der Waals surface area contributed by atoms with Crippen LogP contribution < -0.4 is 30.4 Å². The van der Waals surface area contributed by atoms with Crippen molar-refractivity contribution in [2.75, 3.05) is 118 Å². The minimum Gasteiger partial charge on any atom is -0.492 e. The van der Waals surface area contributed by atoms with Gasteiger partial charge in [-0.15, -0.1) is 11.6 Å². The Labute approximate surface area is 335 Å². The SMILES string of the molecule is CSCCCl.CSCCn1ccnc(N2CCN(CCOc3ccc(F)cc3)CC2)c1=O.O=c1[nH]ccnc1N1CCN(CCOc2ccc(F)cc2)CC1. The van der Waals surface area contributed by atoms with Crippen LogP contribution in [-0.2, 0) is 6.54 Å². The van der Waals surface area contributed by atoms with Gasteiger partial charge < -0.3 is 28.8 Å². The molecule has 0 amide bonds. The van der Waals surface area contributed by atoms with Crippen LogP contribution in [0.25, 0.3) is 0 Å². The number of halogens is 3. The number of hydrogen-bond acceptors (Lipinski definition) is 12. The van der Waals surface area contributed by atoms with Gasteiger partial charge in [-0.3, -0.25) is 19.4 Å². The van der Waals surface area contributed by atoms with E-state index in [0.29, 0.717) is 42.9 Å². The maximum absolute atomic E-state index is 12.9. The van der Waals surface area contributed by atoms with Crippen molar-refractivity contribution in [3.63, 3.8) is 0 Å². The van der Waals surface area contributed by atoms with E-state index in [2.05, 4.69) is 29.7 Å². The van der Waals surface area contributed by atoms with Gasteiger partial charge in [0.1, 0.15) is 36.3 Å². The van der Waals surface area contributed by atoms with E-state index in [-0.39, 0.29) is 22.8 Å². The number of ether oxygens (including phenoxy) is 2. The molecule has 2 aromatic carbocycles. The maximum Gasteiger partial charge on any atom is 0.293 e. The van der Waals surface area contributed by atoms with Gasteiger partial charge in [0.15, 0.2) is 11.6 Å². The van der Waals surface area contributed by atoms with Gasteiger partial charge in [-0.25, -0.2) is 18.7 Å². The van der Waals surface area contributed by atoms with Crippen molar-refractivity contribution in [2.45, 2.75) is 6.54 Å². The standard InChI is InChI=1S/C19H25FN4O2S.C16H19FN4O2.C3H7ClS/c1-27-15-13-24-7-6-21-18(19(24)25)23-10-8-22(9-11-23)12-14-26-17-4-2-16(20)3-5-17;17-13-1-3-14(4-2-13)23-12-11-20-7-9-21(10-8-20)15-16(22)19-6-5-18-15;1-5-3-2-4/h2-7H,8-15H2,1H3;1-6H,7-12H2,(H,19,22);2-3H2,1H3. The van der Waals surface area contributed by atoms with Crippen molar-refractivity contribution in [2.24, 2.45) is 0 Å². The fraction of sp³-hybridized carbons (Fsp3) is 0.474. The molecule has 0 atom stereocenters. The highest BCUT2D eigenvalue weighted by Crippen LogP contribution is 2.14. The normalized spacial score (nSPS) is 14.7. The van der Waals surface area contributed by atoms with Crippen LogP contribution in [0, 0.1) is 11.6 Å². The molecular weight excluding hydrogens is 770 g/mol. The molecule has 0 aliphatic carbocycles. The number of hydrogen-bond donors (Lipinski definition) is 1. The van der Waals surface area contributed by atoms with Crippen molar-refractivity contribution >= 4 is 46.8 Å². The largest absolute Gasteiger partial charge is 0.492 e. The van der Waals surface area contributed by atoms with E-state index in [1.54, 1.807) is 70.9 Å². The molecule has 300 valence electrons. The highest BCUT2D eigenvalue weighted by Gasteiger charge is 2.21. The predicted molar refractivity (Wildman–Crippen MR) is 222 cm³/mol. The Hall–Kier alpha value is -3.83. The number of anilines is 2. The quantitative estimate of drug-likeness (QED) is 0.169. The van der Waals surface area contributed by atoms with Gasteiger partial charge in [0, 0.05) is 114 Å². The van der Waals surface area contributed by atoms with E-state index in [9.17, 15) is 18.4 Å². The van der Waals surface area contributed by atoms with Crippen molar-refractivity contribution < 1.29 is 18.3 Å². The molecule has 0 spiro atoms. The summed E-state index contributed by atoms with van der Waals surface area (Å²) in [5.41, 5.74) is -0.166. The number of aromatic amines is 1. The minimum absolute atomic E-state index is 0.0142. The van der Waals surface area contributed by atoms with Crippen LogP contribution in [0.1, 0.15) is 0 Å². The van der Waals surface area contributed by atoms with Crippen molar-refractivity contribution in [3.05, 3.63) is 106 Å². The first kappa shape index (κ1) is 43.9. The molecule has 2 aliphatic heterocycles. The van der Waals surface area contributed by atoms with Crippen molar-refractivity contribution in [1.29, 1.82) is 0 Å². The molecule has 2 saturated heterocycles. The maximum atomic E-state index is 12.9. The Morgan fingerprint density at radius 1 is 0.691 bits per heavy atom. The average Bonchev–Trinajstić information content (AvgIpc) is 3.21. The van der Waals surface area contributed by atoms with E-state index in [4.69, 9.17) is 21.1 Å². The lowest BCUT2D eigenvalue weighted by Gasteiger charge is -2.34. The van der Waals surface area contributed by atoms with Crippen LogP contribution >= 0.6 is 35.1 Å². The smallest absolute Gasteiger partial charge is 0.293 e. The van der Waals surface area contributed by atoms with Gasteiger partial charge in [0.2, 0.25) is 0 Å². The molecule has 0 bridgehead atoms. The molecule has 1 N–H and O–H groups in total. The third-order valence-electron chi connectivity index (χ3n) is 8.73. The lowest BCUT2D eigenvalue weighted by atomic mass is 10.3. The Balaban J connectivity index is 0.000000220. The second-order valence-corrected chi connectivity index (χ2v) is 14.8. The number of H-pyrrole nitrogens is 1. The summed E-state index contributed by atoms with van der Waals surface area (Å²) in [6.07, 6.45) is 10.7. The second-order valence-electron chi connectivity index (χ2n) is 12.4. The minimum atomic E-state index is -0.266. The monoisotopic (exact) mass is 820 g/mol. The summed E-state index contributed by atoms with van der Waals surface area (Å²) in [6, 6.07) is 12.1. The first-order valence-electron chi connectivity index (χ1n) is 18.2. The summed E-state index contributed by atoms with van der Waals surface area (Å²) >= 11 is 8.77. The fourth-order valence-electron chi connectivity index (χ4n) is 5.68. The highest BCUT2D eigenvalue weighted by molar-refractivity contribution is 7.98. The van der Waals surface area contributed by atoms with Crippen LogP contribution in [0.4, 0.5) is 20.4 Å². The molecular formula is C38H51ClF2N8O4S2. The van der Waals surface area contributed by atoms with Gasteiger partial charge in [-0.1, -0.05) is 0 Å². The van der Waals surface area contributed by atoms with Crippen molar-refractivity contribution in [3.8, 4) is 11.5 Å². The van der Waals surface area contributed by atoms with Crippen LogP contribution in [0.3, 0.4) is 0 Å². The number of aromatic nitrogens is 4. The predicted octanol–water partition coefficient (Wildman–Crippen LogP) is 4.64. The first-order valence-corrected chi connectivity index (χ1v) is 21.5. The molecule has 2 fully saturated rings. The van der Waals surface area contributed by atoms with Crippen LogP contribution in [0.15, 0.2) is 82.9 Å². The Bertz CT molecular complexity index is 1770. The molecule has 2 aromatic heterocycles. The van der Waals surface area contributed by atoms with E-state index < -0.39 is 0 Å². The number of nitrogens with zero attached hydrogens (tertiary/aromatic N) is 7. The van der Waals surface area contributed by atoms with Gasteiger partial charge in [-0.05, 0) is 61.0 Å². The first-order chi connectivity index (χ1) is 26.8. The van der Waals surface area contributed by atoms with E-state index in [1.165, 1.54) is 30.5 Å². The molecule has 4 aromatic rings. The third kappa shape index (κ3) is 15.3. The summed E-state index contributed by atoms with van der Waals surface area (Å²) in [5, 5.41) is 0. The number of alkyl halides is 1. The zero-order chi connectivity index (χ0) is 39.3. The lowest BCUT2D eigenvalue weighted by molar-refractivity contribution is 0.200. The number of aryl methyl sites for hydroxylation is 1. The number of benzene rings is 2. The average molecular weight is 821 g/mol. The fourth-order valence-corrected chi connectivity index (χ4v) is 6.67. The number of thioether (sulfide) groups is 2. The Morgan fingerprint density at radius 2 is 1.18 bits per heavy atom. The number of piperazine rings is 2. The molecule has 55 heavy (non-hydrogen) atoms. The number of rotatable bonds is 15. The molecule has 17 heteroatoms. The van der Waals surface area contributed by atoms with E-state index >= 15 is 0 Å². The third-order valence-corrected chi connectivity index (χ3v) is 10.3. The summed E-state index contributed by atoms with van der Waals surface area (Å²) < 4.78 is 38.7. The second kappa shape index (κ2) is 24.6. The molecule has 0 radical (unpaired) electrons. The lowest BCUT2D eigenvalue weighted by Crippen LogP contribution is -2.49. The summed E-state index contributed by atoms with van der Waals surface area (Å²) in [5.74, 6) is 4.60. The topological polar surface area (TPSA) is 112 Å². The molecule has 12 nitrogen and oxygen atoms in total. The highest BCUT2D eigenvalue weighted by atomic mass is 35.5. The summed E-state index contributed by atoms with van der Waals surface area (Å²) in [6.45, 7) is 9.87. The molecule has 0 saturated carbocycles. The Morgan fingerprint density at radius 3 is 1.64 bits per heavy atom. The van der Waals surface area contributed by atoms with E-state index in [0.717, 1.165) is 82.8 Å². The van der Waals surface area contributed by atoms with Gasteiger partial charge in [0.05, 0.1) is 0 Å². The van der Waals surface area contributed by atoms with Crippen LogP contribution in [0.5, 0.6) is 11.5 Å². The summed E-state index contributed by atoms with van der Waals surface area (Å²) in [7, 11) is 0. The number of nitrogens with one attached hydrogen (secondary N) is 1. The van der Waals surface area contributed by atoms with Gasteiger partial charge in [0.25, 0.3) is 11.1 Å². The zero-order valence-electron chi connectivity index (χ0n) is 31.5. The van der Waals surface area contributed by atoms with Crippen LogP contribution in [0.2, 0.25) is 0 Å². The van der Waals surface area contributed by atoms with Crippen molar-refractivity contribution in [1.82, 2.24) is 29.3 Å². The van der Waals surface area contributed by atoms with Gasteiger partial charge in [-0.2, -0.15) is 23.5 Å². The molecule has 4 heterocycles. The molecule has 2 aliphatic rings. The summed E-state index contributed by atoms with van der Waals surface area (Å²) in [4.78, 5) is 44.1. The molecule has 0 unspecified atom stereocenters. The zero-order valence-corrected chi connectivity index (χ0v) is 33.8.